The third-order valence-electron chi connectivity index (χ3n) is 3.48. The maximum absolute atomic E-state index is 12.4. The van der Waals surface area contributed by atoms with Crippen molar-refractivity contribution in [1.82, 2.24) is 4.90 Å². The van der Waals surface area contributed by atoms with E-state index in [1.807, 2.05) is 47.1 Å². The van der Waals surface area contributed by atoms with Crippen molar-refractivity contribution < 1.29 is 9.90 Å². The number of carbonyl (C=O) groups is 1. The van der Waals surface area contributed by atoms with Crippen LogP contribution in [-0.2, 0) is 4.79 Å². The van der Waals surface area contributed by atoms with Gasteiger partial charge in [-0.15, -0.1) is 0 Å². The molecule has 0 aliphatic carbocycles. The van der Waals surface area contributed by atoms with Gasteiger partial charge in [-0.1, -0.05) is 25.1 Å². The topological polar surface area (TPSA) is 43.8 Å². The zero-order valence-corrected chi connectivity index (χ0v) is 10.7. The van der Waals surface area contributed by atoms with Gasteiger partial charge < -0.3 is 10.0 Å². The lowest BCUT2D eigenvalue weighted by Gasteiger charge is -2.25. The quantitative estimate of drug-likeness (QED) is 0.849. The maximum Gasteiger partial charge on any atom is 0.244 e. The standard InChI is InChI=1S/C14H20N2O2/c1-2-15(10-11-17)13-8-9-16(14(13)18)12-6-4-3-5-7-12/h3-7,13,17H,2,8-11H2,1H3. The summed E-state index contributed by atoms with van der Waals surface area (Å²) in [4.78, 5) is 16.3. The van der Waals surface area contributed by atoms with E-state index in [9.17, 15) is 4.79 Å². The molecule has 2 rings (SSSR count). The number of benzene rings is 1. The molecule has 1 atom stereocenters. The van der Waals surface area contributed by atoms with Gasteiger partial charge in [0.25, 0.3) is 0 Å². The van der Waals surface area contributed by atoms with Crippen molar-refractivity contribution in [2.75, 3.05) is 31.1 Å². The van der Waals surface area contributed by atoms with Crippen molar-refractivity contribution in [3.05, 3.63) is 30.3 Å². The number of nitrogens with zero attached hydrogens (tertiary/aromatic N) is 2. The summed E-state index contributed by atoms with van der Waals surface area (Å²) in [6.45, 7) is 4.24. The molecule has 1 fully saturated rings. The molecule has 4 nitrogen and oxygen atoms in total. The smallest absolute Gasteiger partial charge is 0.244 e. The number of para-hydroxylation sites is 1. The van der Waals surface area contributed by atoms with Gasteiger partial charge in [-0.2, -0.15) is 0 Å². The van der Waals surface area contributed by atoms with Crippen LogP contribution in [0.15, 0.2) is 30.3 Å². The first kappa shape index (κ1) is 13.1. The van der Waals surface area contributed by atoms with Crippen LogP contribution in [0.25, 0.3) is 0 Å². The van der Waals surface area contributed by atoms with Gasteiger partial charge in [0, 0.05) is 18.8 Å². The Bertz CT molecular complexity index is 394. The van der Waals surface area contributed by atoms with E-state index in [2.05, 4.69) is 0 Å². The van der Waals surface area contributed by atoms with Crippen molar-refractivity contribution in [2.45, 2.75) is 19.4 Å². The van der Waals surface area contributed by atoms with Crippen LogP contribution in [0.5, 0.6) is 0 Å². The fraction of sp³-hybridized carbons (Fsp3) is 0.500. The van der Waals surface area contributed by atoms with Crippen molar-refractivity contribution in [3.8, 4) is 0 Å². The Kier molecular flexibility index (Phi) is 4.33. The van der Waals surface area contributed by atoms with Crippen molar-refractivity contribution >= 4 is 11.6 Å². The third-order valence-corrected chi connectivity index (χ3v) is 3.48. The highest BCUT2D eigenvalue weighted by Crippen LogP contribution is 2.23. The van der Waals surface area contributed by atoms with E-state index in [1.165, 1.54) is 0 Å². The number of anilines is 1. The average molecular weight is 248 g/mol. The molecule has 1 aliphatic rings. The number of hydrogen-bond donors (Lipinski definition) is 1. The zero-order valence-electron chi connectivity index (χ0n) is 10.7. The Hall–Kier alpha value is -1.39. The number of rotatable bonds is 5. The van der Waals surface area contributed by atoms with Crippen LogP contribution < -0.4 is 4.90 Å². The molecule has 0 radical (unpaired) electrons. The predicted molar refractivity (Wildman–Crippen MR) is 71.5 cm³/mol. The number of carbonyl (C=O) groups excluding carboxylic acids is 1. The van der Waals surface area contributed by atoms with E-state index in [1.54, 1.807) is 0 Å². The van der Waals surface area contributed by atoms with Gasteiger partial charge >= 0.3 is 0 Å². The largest absolute Gasteiger partial charge is 0.395 e. The molecule has 1 amide bonds. The number of aliphatic hydroxyl groups excluding tert-OH is 1. The molecule has 1 unspecified atom stereocenters. The van der Waals surface area contributed by atoms with E-state index in [0.717, 1.165) is 25.2 Å². The minimum Gasteiger partial charge on any atom is -0.395 e. The highest BCUT2D eigenvalue weighted by Gasteiger charge is 2.35. The van der Waals surface area contributed by atoms with Gasteiger partial charge in [0.05, 0.1) is 12.6 Å². The summed E-state index contributed by atoms with van der Waals surface area (Å²) >= 11 is 0. The second kappa shape index (κ2) is 5.98. The van der Waals surface area contributed by atoms with Gasteiger partial charge in [-0.3, -0.25) is 9.69 Å². The lowest BCUT2D eigenvalue weighted by Crippen LogP contribution is -2.43. The van der Waals surface area contributed by atoms with E-state index < -0.39 is 0 Å². The van der Waals surface area contributed by atoms with Crippen molar-refractivity contribution in [3.63, 3.8) is 0 Å². The number of likely N-dealkylation sites (N-methyl/N-ethyl adjacent to an activating group) is 1. The third kappa shape index (κ3) is 2.54. The summed E-state index contributed by atoms with van der Waals surface area (Å²) in [5.74, 6) is 0.150. The SMILES string of the molecule is CCN(CCO)C1CCN(c2ccccc2)C1=O. The van der Waals surface area contributed by atoms with Crippen molar-refractivity contribution in [1.29, 1.82) is 0 Å². The monoisotopic (exact) mass is 248 g/mol. The minimum atomic E-state index is -0.0812. The summed E-state index contributed by atoms with van der Waals surface area (Å²) < 4.78 is 0. The van der Waals surface area contributed by atoms with Crippen LogP contribution in [0.1, 0.15) is 13.3 Å². The minimum absolute atomic E-state index is 0.0812. The Morgan fingerprint density at radius 1 is 1.39 bits per heavy atom. The fourth-order valence-electron chi connectivity index (χ4n) is 2.53. The molecule has 1 aromatic rings. The second-order valence-electron chi connectivity index (χ2n) is 4.48. The molecule has 4 heteroatoms. The van der Waals surface area contributed by atoms with Crippen LogP contribution in [0.3, 0.4) is 0 Å². The fourth-order valence-corrected chi connectivity index (χ4v) is 2.53. The summed E-state index contributed by atoms with van der Waals surface area (Å²) in [5.41, 5.74) is 0.963. The molecule has 18 heavy (non-hydrogen) atoms. The first-order valence-corrected chi connectivity index (χ1v) is 6.49. The molecule has 0 aromatic heterocycles. The zero-order chi connectivity index (χ0) is 13.0. The van der Waals surface area contributed by atoms with Crippen LogP contribution >= 0.6 is 0 Å². The van der Waals surface area contributed by atoms with Gasteiger partial charge in [-0.25, -0.2) is 0 Å². The molecule has 0 spiro atoms. The van der Waals surface area contributed by atoms with Gasteiger partial charge in [0.1, 0.15) is 0 Å². The Labute approximate surface area is 108 Å². The van der Waals surface area contributed by atoms with Crippen LogP contribution in [-0.4, -0.2) is 48.2 Å². The first-order chi connectivity index (χ1) is 8.77. The van der Waals surface area contributed by atoms with E-state index >= 15 is 0 Å². The molecule has 1 aromatic carbocycles. The molecule has 1 saturated heterocycles. The van der Waals surface area contributed by atoms with Gasteiger partial charge in [-0.05, 0) is 25.1 Å². The molecular formula is C14H20N2O2. The van der Waals surface area contributed by atoms with Crippen molar-refractivity contribution in [2.24, 2.45) is 0 Å². The average Bonchev–Trinajstić information content (AvgIpc) is 2.79. The molecule has 0 saturated carbocycles. The maximum atomic E-state index is 12.4. The number of aliphatic hydroxyl groups is 1. The number of amides is 1. The Balaban J connectivity index is 2.09. The lowest BCUT2D eigenvalue weighted by atomic mass is 10.2. The number of hydrogen-bond acceptors (Lipinski definition) is 3. The van der Waals surface area contributed by atoms with Crippen LogP contribution in [0.2, 0.25) is 0 Å². The molecule has 1 aliphatic heterocycles. The van der Waals surface area contributed by atoms with Gasteiger partial charge in [0.15, 0.2) is 0 Å². The highest BCUT2D eigenvalue weighted by atomic mass is 16.3. The molecular weight excluding hydrogens is 228 g/mol. The predicted octanol–water partition coefficient (Wildman–Crippen LogP) is 1.11. The first-order valence-electron chi connectivity index (χ1n) is 6.49. The molecule has 1 N–H and O–H groups in total. The highest BCUT2D eigenvalue weighted by molar-refractivity contribution is 5.99. The van der Waals surface area contributed by atoms with Gasteiger partial charge in [0.2, 0.25) is 5.91 Å². The van der Waals surface area contributed by atoms with Crippen LogP contribution in [0, 0.1) is 0 Å². The second-order valence-corrected chi connectivity index (χ2v) is 4.48. The molecule has 0 bridgehead atoms. The lowest BCUT2D eigenvalue weighted by molar-refractivity contribution is -0.121. The summed E-state index contributed by atoms with van der Waals surface area (Å²) in [6, 6.07) is 9.68. The summed E-state index contributed by atoms with van der Waals surface area (Å²) in [7, 11) is 0. The van der Waals surface area contributed by atoms with E-state index in [4.69, 9.17) is 5.11 Å². The summed E-state index contributed by atoms with van der Waals surface area (Å²) in [5, 5.41) is 9.03. The Morgan fingerprint density at radius 2 is 2.11 bits per heavy atom. The molecule has 98 valence electrons. The normalized spacial score (nSPS) is 19.8. The molecule has 1 heterocycles. The van der Waals surface area contributed by atoms with E-state index in [-0.39, 0.29) is 18.6 Å². The Morgan fingerprint density at radius 3 is 2.72 bits per heavy atom. The van der Waals surface area contributed by atoms with Crippen LogP contribution in [0.4, 0.5) is 5.69 Å². The van der Waals surface area contributed by atoms with E-state index in [0.29, 0.717) is 6.54 Å². The summed E-state index contributed by atoms with van der Waals surface area (Å²) in [6.07, 6.45) is 0.835.